The van der Waals surface area contributed by atoms with Crippen LogP contribution in [-0.4, -0.2) is 15.0 Å². The molecule has 0 aliphatic rings. The Morgan fingerprint density at radius 2 is 2.44 bits per heavy atom. The fourth-order valence-electron chi connectivity index (χ4n) is 1.27. The first-order chi connectivity index (χ1) is 7.78. The second-order valence-corrected chi connectivity index (χ2v) is 3.15. The van der Waals surface area contributed by atoms with Crippen LogP contribution in [0.2, 0.25) is 0 Å². The highest BCUT2D eigenvalue weighted by Gasteiger charge is 2.00. The summed E-state index contributed by atoms with van der Waals surface area (Å²) in [5, 5.41) is 11.6. The zero-order valence-electron chi connectivity index (χ0n) is 8.32. The number of hydrogen-bond donors (Lipinski definition) is 3. The lowest BCUT2D eigenvalue weighted by Crippen LogP contribution is -2.14. The maximum absolute atomic E-state index is 11.1. The predicted octanol–water partition coefficient (Wildman–Crippen LogP) is 0.582. The number of rotatable bonds is 3. The van der Waals surface area contributed by atoms with Crippen molar-refractivity contribution in [3.8, 4) is 6.07 Å². The molecule has 16 heavy (non-hydrogen) atoms. The molecular formula is C10H9N5O. The van der Waals surface area contributed by atoms with Crippen molar-refractivity contribution in [3.63, 3.8) is 0 Å². The highest BCUT2D eigenvalue weighted by Crippen LogP contribution is 2.03. The van der Waals surface area contributed by atoms with E-state index in [1.807, 2.05) is 24.4 Å². The molecule has 0 aliphatic heterocycles. The smallest absolute Gasteiger partial charge is 0.347 e. The van der Waals surface area contributed by atoms with E-state index < -0.39 is 5.69 Å². The Hall–Kier alpha value is -2.55. The third-order valence-corrected chi connectivity index (χ3v) is 1.99. The molecule has 80 valence electrons. The van der Waals surface area contributed by atoms with Crippen LogP contribution in [0.15, 0.2) is 29.2 Å². The van der Waals surface area contributed by atoms with E-state index >= 15 is 0 Å². The van der Waals surface area contributed by atoms with Crippen LogP contribution in [0, 0.1) is 11.3 Å². The van der Waals surface area contributed by atoms with E-state index in [2.05, 4.69) is 20.3 Å². The first-order valence-corrected chi connectivity index (χ1v) is 4.65. The molecule has 0 saturated carbocycles. The lowest BCUT2D eigenvalue weighted by molar-refractivity contribution is 1.00. The summed E-state index contributed by atoms with van der Waals surface area (Å²) in [5.41, 5.74) is 0.627. The molecule has 0 aliphatic carbocycles. The van der Waals surface area contributed by atoms with Gasteiger partial charge in [-0.25, -0.2) is 4.79 Å². The van der Waals surface area contributed by atoms with Crippen molar-refractivity contribution < 1.29 is 0 Å². The molecule has 0 fully saturated rings. The molecule has 0 unspecified atom stereocenters. The lowest BCUT2D eigenvalue weighted by atomic mass is 10.4. The first kappa shape index (κ1) is 9.98. The Balaban J connectivity index is 2.13. The average Bonchev–Trinajstić information content (AvgIpc) is 2.78. The Morgan fingerprint density at radius 1 is 1.56 bits per heavy atom. The molecule has 6 nitrogen and oxygen atoms in total. The molecular weight excluding hydrogens is 206 g/mol. The second-order valence-electron chi connectivity index (χ2n) is 3.15. The number of nitrogens with one attached hydrogen (secondary N) is 3. The van der Waals surface area contributed by atoms with Gasteiger partial charge in [-0.3, -0.25) is 4.98 Å². The molecule has 2 aromatic heterocycles. The van der Waals surface area contributed by atoms with E-state index in [0.29, 0.717) is 12.4 Å². The molecule has 0 radical (unpaired) electrons. The zero-order valence-corrected chi connectivity index (χ0v) is 8.32. The minimum atomic E-state index is -0.534. The van der Waals surface area contributed by atoms with Gasteiger partial charge in [-0.15, -0.1) is 0 Å². The third kappa shape index (κ3) is 2.27. The van der Waals surface area contributed by atoms with E-state index in [1.54, 1.807) is 0 Å². The highest BCUT2D eigenvalue weighted by atomic mass is 16.1. The largest absolute Gasteiger partial charge is 0.364 e. The van der Waals surface area contributed by atoms with E-state index in [9.17, 15) is 4.79 Å². The van der Waals surface area contributed by atoms with Crippen molar-refractivity contribution in [1.29, 1.82) is 5.26 Å². The zero-order chi connectivity index (χ0) is 11.4. The molecule has 2 rings (SSSR count). The van der Waals surface area contributed by atoms with Crippen LogP contribution in [0.3, 0.4) is 0 Å². The Labute approximate surface area is 91.0 Å². The first-order valence-electron chi connectivity index (χ1n) is 4.65. The fraction of sp³-hybridized carbons (Fsp3) is 0.100. The number of nitrogens with zero attached hydrogens (tertiary/aromatic N) is 2. The summed E-state index contributed by atoms with van der Waals surface area (Å²) in [7, 11) is 0. The van der Waals surface area contributed by atoms with Gasteiger partial charge in [0.15, 0.2) is 0 Å². The number of hydrogen-bond acceptors (Lipinski definition) is 4. The molecule has 2 heterocycles. The fourth-order valence-corrected chi connectivity index (χ4v) is 1.27. The van der Waals surface area contributed by atoms with Gasteiger partial charge >= 0.3 is 5.69 Å². The van der Waals surface area contributed by atoms with Crippen LogP contribution in [0.25, 0.3) is 0 Å². The van der Waals surface area contributed by atoms with Crippen molar-refractivity contribution in [1.82, 2.24) is 15.0 Å². The maximum Gasteiger partial charge on any atom is 0.347 e. The normalized spacial score (nSPS) is 9.69. The molecule has 0 aromatic carbocycles. The van der Waals surface area contributed by atoms with Crippen LogP contribution in [0.5, 0.6) is 0 Å². The summed E-state index contributed by atoms with van der Waals surface area (Å²) in [4.78, 5) is 20.1. The standard InChI is InChI=1S/C10H9N5O/c11-5-8-4-9(15-10(16)14-8)13-6-7-2-1-3-12-7/h1-4,12H,6H2,(H2,13,14,15,16). The van der Waals surface area contributed by atoms with Crippen LogP contribution in [0.1, 0.15) is 11.4 Å². The van der Waals surface area contributed by atoms with Gasteiger partial charge < -0.3 is 10.3 Å². The Kier molecular flexibility index (Phi) is 2.69. The van der Waals surface area contributed by atoms with Crippen LogP contribution >= 0.6 is 0 Å². The number of aromatic nitrogens is 3. The molecule has 0 atom stereocenters. The van der Waals surface area contributed by atoms with Crippen LogP contribution < -0.4 is 11.0 Å². The number of aromatic amines is 2. The summed E-state index contributed by atoms with van der Waals surface area (Å²) in [5.74, 6) is 0.384. The Bertz CT molecular complexity index is 564. The van der Waals surface area contributed by atoms with Gasteiger partial charge in [-0.1, -0.05) is 0 Å². The third-order valence-electron chi connectivity index (χ3n) is 1.99. The van der Waals surface area contributed by atoms with Crippen LogP contribution in [0.4, 0.5) is 5.82 Å². The quantitative estimate of drug-likeness (QED) is 0.697. The molecule has 3 N–H and O–H groups in total. The lowest BCUT2D eigenvalue weighted by Gasteiger charge is -2.03. The van der Waals surface area contributed by atoms with Crippen molar-refractivity contribution in [3.05, 3.63) is 46.3 Å². The minimum Gasteiger partial charge on any atom is -0.364 e. The minimum absolute atomic E-state index is 0.189. The van der Waals surface area contributed by atoms with Crippen molar-refractivity contribution in [2.45, 2.75) is 6.54 Å². The average molecular weight is 215 g/mol. The van der Waals surface area contributed by atoms with Gasteiger partial charge in [0.05, 0.1) is 6.54 Å². The van der Waals surface area contributed by atoms with Gasteiger partial charge in [-0.2, -0.15) is 10.2 Å². The van der Waals surface area contributed by atoms with Gasteiger partial charge in [0, 0.05) is 18.0 Å². The number of H-pyrrole nitrogens is 2. The molecule has 6 heteroatoms. The van der Waals surface area contributed by atoms with E-state index in [1.165, 1.54) is 6.07 Å². The van der Waals surface area contributed by atoms with Gasteiger partial charge in [0.25, 0.3) is 0 Å². The highest BCUT2D eigenvalue weighted by molar-refractivity contribution is 5.38. The molecule has 2 aromatic rings. The summed E-state index contributed by atoms with van der Waals surface area (Å²) in [6, 6.07) is 7.13. The van der Waals surface area contributed by atoms with Gasteiger partial charge in [0.1, 0.15) is 17.6 Å². The summed E-state index contributed by atoms with van der Waals surface area (Å²) in [6.45, 7) is 0.522. The number of anilines is 1. The second kappa shape index (κ2) is 4.31. The molecule has 0 saturated heterocycles. The topological polar surface area (TPSA) is 97.4 Å². The SMILES string of the molecule is N#Cc1cc(NCc2ccc[nH]2)nc(=O)[nH]1. The maximum atomic E-state index is 11.1. The van der Waals surface area contributed by atoms with Crippen molar-refractivity contribution >= 4 is 5.82 Å². The van der Waals surface area contributed by atoms with Crippen molar-refractivity contribution in [2.75, 3.05) is 5.32 Å². The number of nitriles is 1. The van der Waals surface area contributed by atoms with Crippen LogP contribution in [-0.2, 0) is 6.54 Å². The van der Waals surface area contributed by atoms with E-state index in [0.717, 1.165) is 5.69 Å². The van der Waals surface area contributed by atoms with E-state index in [-0.39, 0.29) is 5.69 Å². The van der Waals surface area contributed by atoms with E-state index in [4.69, 9.17) is 5.26 Å². The molecule has 0 bridgehead atoms. The van der Waals surface area contributed by atoms with Crippen molar-refractivity contribution in [2.24, 2.45) is 0 Å². The van der Waals surface area contributed by atoms with Gasteiger partial charge in [0.2, 0.25) is 0 Å². The molecule has 0 spiro atoms. The summed E-state index contributed by atoms with van der Waals surface area (Å²) >= 11 is 0. The summed E-state index contributed by atoms with van der Waals surface area (Å²) < 4.78 is 0. The Morgan fingerprint density at radius 3 is 3.12 bits per heavy atom. The van der Waals surface area contributed by atoms with Gasteiger partial charge in [-0.05, 0) is 12.1 Å². The molecule has 0 amide bonds. The summed E-state index contributed by atoms with van der Waals surface area (Å²) in [6.07, 6.45) is 1.81. The monoisotopic (exact) mass is 215 g/mol. The predicted molar refractivity (Wildman–Crippen MR) is 57.7 cm³/mol.